The maximum Gasteiger partial charge on any atom is 0.312 e. The first kappa shape index (κ1) is 15.2. The Bertz CT molecular complexity index is 511. The minimum absolute atomic E-state index is 0.0927. The van der Waals surface area contributed by atoms with E-state index < -0.39 is 40.1 Å². The summed E-state index contributed by atoms with van der Waals surface area (Å²) in [6.45, 7) is 1.65. The van der Waals surface area contributed by atoms with Crippen molar-refractivity contribution < 1.29 is 23.2 Å². The molecule has 0 saturated heterocycles. The molecule has 104 valence electrons. The fourth-order valence-electron chi connectivity index (χ4n) is 1.32. The van der Waals surface area contributed by atoms with Crippen molar-refractivity contribution in [1.29, 1.82) is 0 Å². The molecule has 0 saturated carbocycles. The van der Waals surface area contributed by atoms with E-state index in [1.807, 2.05) is 0 Å². The van der Waals surface area contributed by atoms with Crippen LogP contribution < -0.4 is 0 Å². The van der Waals surface area contributed by atoms with Crippen molar-refractivity contribution in [1.82, 2.24) is 4.98 Å². The van der Waals surface area contributed by atoms with E-state index in [-0.39, 0.29) is 12.3 Å². The highest BCUT2D eigenvalue weighted by Gasteiger charge is 2.25. The first-order valence-electron chi connectivity index (χ1n) is 5.14. The summed E-state index contributed by atoms with van der Waals surface area (Å²) in [5, 5.41) is 10.2. The molecule has 9 heteroatoms. The average molecular weight is 295 g/mol. The summed E-state index contributed by atoms with van der Waals surface area (Å²) in [5.41, 5.74) is -1.74. The van der Waals surface area contributed by atoms with Crippen LogP contribution in [0.3, 0.4) is 0 Å². The number of aromatic nitrogens is 1. The normalized spacial score (nSPS) is 10.6. The van der Waals surface area contributed by atoms with E-state index in [1.54, 1.807) is 6.92 Å². The molecule has 1 aromatic rings. The van der Waals surface area contributed by atoms with Crippen LogP contribution in [0.5, 0.6) is 0 Å². The summed E-state index contributed by atoms with van der Waals surface area (Å²) in [6, 6.07) is 0.620. The largest absolute Gasteiger partial charge is 0.466 e. The number of esters is 1. The predicted octanol–water partition coefficient (Wildman–Crippen LogP) is 2.69. The Morgan fingerprint density at radius 1 is 1.63 bits per heavy atom. The van der Waals surface area contributed by atoms with E-state index >= 15 is 0 Å². The van der Waals surface area contributed by atoms with Gasteiger partial charge in [0.15, 0.2) is 0 Å². The van der Waals surface area contributed by atoms with E-state index in [9.17, 15) is 23.7 Å². The van der Waals surface area contributed by atoms with Crippen LogP contribution in [-0.2, 0) is 16.0 Å². The second kappa shape index (κ2) is 6.37. The highest BCUT2D eigenvalue weighted by Crippen LogP contribution is 2.31. The molecular weight excluding hydrogens is 286 g/mol. The van der Waals surface area contributed by atoms with Crippen LogP contribution in [0.2, 0.25) is 5.15 Å². The molecule has 0 aromatic carbocycles. The highest BCUT2D eigenvalue weighted by atomic mass is 35.5. The standard InChI is InChI=1S/C10H9ClF2N2O4/c1-2-19-8(16)4-6-7(15(17)18)3-5(10(12)13)9(11)14-6/h3,10H,2,4H2,1H3. The smallest absolute Gasteiger partial charge is 0.312 e. The fourth-order valence-corrected chi connectivity index (χ4v) is 1.56. The summed E-state index contributed by atoms with van der Waals surface area (Å²) < 4.78 is 29.7. The van der Waals surface area contributed by atoms with Crippen molar-refractivity contribution in [2.24, 2.45) is 0 Å². The third kappa shape index (κ3) is 3.82. The van der Waals surface area contributed by atoms with E-state index in [4.69, 9.17) is 11.6 Å². The molecule has 0 amide bonds. The van der Waals surface area contributed by atoms with Crippen LogP contribution in [0.1, 0.15) is 24.6 Å². The molecule has 6 nitrogen and oxygen atoms in total. The van der Waals surface area contributed by atoms with Gasteiger partial charge in [-0.3, -0.25) is 14.9 Å². The van der Waals surface area contributed by atoms with Crippen LogP contribution >= 0.6 is 11.6 Å². The van der Waals surface area contributed by atoms with Crippen molar-refractivity contribution >= 4 is 23.3 Å². The Balaban J connectivity index is 3.20. The minimum atomic E-state index is -2.99. The number of nitrogens with zero attached hydrogens (tertiary/aromatic N) is 2. The Morgan fingerprint density at radius 3 is 2.74 bits per heavy atom. The second-order valence-corrected chi connectivity index (χ2v) is 3.73. The zero-order chi connectivity index (χ0) is 14.6. The van der Waals surface area contributed by atoms with Gasteiger partial charge in [-0.15, -0.1) is 0 Å². The van der Waals surface area contributed by atoms with Gasteiger partial charge >= 0.3 is 5.97 Å². The maximum atomic E-state index is 12.5. The molecule has 0 N–H and O–H groups in total. The number of carbonyl (C=O) groups excluding carboxylic acids is 1. The molecule has 0 aliphatic heterocycles. The van der Waals surface area contributed by atoms with Crippen molar-refractivity contribution in [3.8, 4) is 0 Å². The van der Waals surface area contributed by atoms with Crippen LogP contribution in [0.25, 0.3) is 0 Å². The lowest BCUT2D eigenvalue weighted by Crippen LogP contribution is -2.11. The number of halogens is 3. The monoisotopic (exact) mass is 294 g/mol. The number of hydrogen-bond acceptors (Lipinski definition) is 5. The van der Waals surface area contributed by atoms with Crippen LogP contribution in [-0.4, -0.2) is 22.5 Å². The number of nitro groups is 1. The molecule has 0 unspecified atom stereocenters. The van der Waals surface area contributed by atoms with Gasteiger partial charge in [0.05, 0.1) is 23.5 Å². The van der Waals surface area contributed by atoms with Gasteiger partial charge in [-0.1, -0.05) is 11.6 Å². The molecule has 0 fully saturated rings. The van der Waals surface area contributed by atoms with Crippen molar-refractivity contribution in [3.63, 3.8) is 0 Å². The molecule has 0 radical (unpaired) electrons. The SMILES string of the molecule is CCOC(=O)Cc1nc(Cl)c(C(F)F)cc1[N+](=O)[O-]. The first-order chi connectivity index (χ1) is 8.86. The summed E-state index contributed by atoms with van der Waals surface area (Å²) in [4.78, 5) is 24.6. The molecule has 0 bridgehead atoms. The van der Waals surface area contributed by atoms with Crippen molar-refractivity contribution in [2.45, 2.75) is 19.8 Å². The zero-order valence-electron chi connectivity index (χ0n) is 9.73. The van der Waals surface area contributed by atoms with Gasteiger partial charge in [-0.2, -0.15) is 0 Å². The van der Waals surface area contributed by atoms with Gasteiger partial charge in [0.2, 0.25) is 0 Å². The number of hydrogen-bond donors (Lipinski definition) is 0. The van der Waals surface area contributed by atoms with E-state index in [2.05, 4.69) is 9.72 Å². The Hall–Kier alpha value is -1.83. The molecule has 0 spiro atoms. The number of pyridine rings is 1. The summed E-state index contributed by atoms with van der Waals surface area (Å²) in [6.07, 6.45) is -3.50. The minimum Gasteiger partial charge on any atom is -0.466 e. The molecular formula is C10H9ClF2N2O4. The van der Waals surface area contributed by atoms with Gasteiger partial charge in [-0.25, -0.2) is 13.8 Å². The summed E-state index contributed by atoms with van der Waals surface area (Å²) in [5.74, 6) is -0.751. The number of carbonyl (C=O) groups is 1. The van der Waals surface area contributed by atoms with Gasteiger partial charge in [0.25, 0.3) is 12.1 Å². The second-order valence-electron chi connectivity index (χ2n) is 3.37. The number of alkyl halides is 2. The topological polar surface area (TPSA) is 82.3 Å². The van der Waals surface area contributed by atoms with Crippen LogP contribution in [0.15, 0.2) is 6.07 Å². The van der Waals surface area contributed by atoms with E-state index in [0.717, 1.165) is 0 Å². The lowest BCUT2D eigenvalue weighted by Gasteiger charge is -2.06. The predicted molar refractivity (Wildman–Crippen MR) is 61.2 cm³/mol. The molecule has 0 aliphatic rings. The van der Waals surface area contributed by atoms with Gasteiger partial charge < -0.3 is 4.74 Å². The third-order valence-electron chi connectivity index (χ3n) is 2.11. The molecule has 19 heavy (non-hydrogen) atoms. The summed E-state index contributed by atoms with van der Waals surface area (Å²) in [7, 11) is 0. The lowest BCUT2D eigenvalue weighted by molar-refractivity contribution is -0.386. The van der Waals surface area contributed by atoms with Gasteiger partial charge in [0, 0.05) is 6.07 Å². The van der Waals surface area contributed by atoms with Crippen molar-refractivity contribution in [2.75, 3.05) is 6.61 Å². The van der Waals surface area contributed by atoms with Crippen LogP contribution in [0, 0.1) is 10.1 Å². The Kier molecular flexibility index (Phi) is 5.11. The van der Waals surface area contributed by atoms with E-state index in [0.29, 0.717) is 6.07 Å². The summed E-state index contributed by atoms with van der Waals surface area (Å²) >= 11 is 5.50. The third-order valence-corrected chi connectivity index (χ3v) is 2.41. The molecule has 1 heterocycles. The number of ether oxygens (including phenoxy) is 1. The fraction of sp³-hybridized carbons (Fsp3) is 0.400. The molecule has 1 rings (SSSR count). The first-order valence-corrected chi connectivity index (χ1v) is 5.52. The van der Waals surface area contributed by atoms with Gasteiger partial charge in [0.1, 0.15) is 10.8 Å². The Labute approximate surface area is 111 Å². The number of rotatable bonds is 5. The van der Waals surface area contributed by atoms with Gasteiger partial charge in [-0.05, 0) is 6.92 Å². The lowest BCUT2D eigenvalue weighted by atomic mass is 10.2. The molecule has 0 atom stereocenters. The average Bonchev–Trinajstić information content (AvgIpc) is 2.28. The van der Waals surface area contributed by atoms with Crippen molar-refractivity contribution in [3.05, 3.63) is 32.6 Å². The molecule has 0 aliphatic carbocycles. The molecule has 1 aromatic heterocycles. The van der Waals surface area contributed by atoms with E-state index in [1.165, 1.54) is 0 Å². The quantitative estimate of drug-likeness (QED) is 0.361. The Morgan fingerprint density at radius 2 is 2.26 bits per heavy atom. The zero-order valence-corrected chi connectivity index (χ0v) is 10.5. The van der Waals surface area contributed by atoms with Crippen LogP contribution in [0.4, 0.5) is 14.5 Å². The maximum absolute atomic E-state index is 12.5. The highest BCUT2D eigenvalue weighted by molar-refractivity contribution is 6.30.